The molecule has 1 unspecified atom stereocenters. The zero-order valence-electron chi connectivity index (χ0n) is 11.3. The van der Waals surface area contributed by atoms with Crippen molar-refractivity contribution in [1.82, 2.24) is 0 Å². The number of ketones is 1. The summed E-state index contributed by atoms with van der Waals surface area (Å²) < 4.78 is 32.3. The standard InChI is InChI=1S/C17H14F2O2/c18-13-5-6-15(19)12(9-13)10-16(20)17-14-4-2-1-3-11(14)7-8-21-17/h1-6,9,17H,7-8,10H2. The number of halogens is 2. The largest absolute Gasteiger partial charge is 0.365 e. The number of fused-ring (bicyclic) bond motifs is 1. The minimum atomic E-state index is -0.697. The van der Waals surface area contributed by atoms with Crippen LogP contribution in [0.4, 0.5) is 8.78 Å². The zero-order chi connectivity index (χ0) is 14.8. The number of carbonyl (C=O) groups is 1. The molecule has 3 rings (SSSR count). The van der Waals surface area contributed by atoms with E-state index in [1.807, 2.05) is 24.3 Å². The van der Waals surface area contributed by atoms with Gasteiger partial charge >= 0.3 is 0 Å². The molecule has 0 aliphatic carbocycles. The van der Waals surface area contributed by atoms with Crippen LogP contribution >= 0.6 is 0 Å². The van der Waals surface area contributed by atoms with Crippen LogP contribution in [0, 0.1) is 11.6 Å². The number of rotatable bonds is 3. The van der Waals surface area contributed by atoms with Gasteiger partial charge in [-0.15, -0.1) is 0 Å². The van der Waals surface area contributed by atoms with E-state index in [1.165, 1.54) is 0 Å². The van der Waals surface area contributed by atoms with Crippen LogP contribution in [-0.4, -0.2) is 12.4 Å². The van der Waals surface area contributed by atoms with Gasteiger partial charge in [0.25, 0.3) is 0 Å². The third kappa shape index (κ3) is 2.85. The predicted octanol–water partition coefficient (Wildman–Crippen LogP) is 3.39. The van der Waals surface area contributed by atoms with E-state index in [0.29, 0.717) is 6.61 Å². The van der Waals surface area contributed by atoms with Gasteiger partial charge in [0.2, 0.25) is 0 Å². The van der Waals surface area contributed by atoms with E-state index in [-0.39, 0.29) is 17.8 Å². The summed E-state index contributed by atoms with van der Waals surface area (Å²) >= 11 is 0. The lowest BCUT2D eigenvalue weighted by Gasteiger charge is -2.25. The first-order valence-corrected chi connectivity index (χ1v) is 6.81. The Bertz CT molecular complexity index is 682. The second-order valence-electron chi connectivity index (χ2n) is 5.08. The Hall–Kier alpha value is -2.07. The quantitative estimate of drug-likeness (QED) is 0.865. The molecule has 0 aromatic heterocycles. The third-order valence-electron chi connectivity index (χ3n) is 3.66. The molecule has 0 spiro atoms. The van der Waals surface area contributed by atoms with Gasteiger partial charge in [-0.2, -0.15) is 0 Å². The molecule has 2 aromatic rings. The van der Waals surface area contributed by atoms with Gasteiger partial charge < -0.3 is 4.74 Å². The SMILES string of the molecule is O=C(Cc1cc(F)ccc1F)C1OCCc2ccccc21. The Balaban J connectivity index is 1.85. The molecule has 0 radical (unpaired) electrons. The molecule has 1 aliphatic rings. The lowest BCUT2D eigenvalue weighted by molar-refractivity contribution is -0.131. The number of ether oxygens (including phenoxy) is 1. The lowest BCUT2D eigenvalue weighted by Crippen LogP contribution is -2.25. The van der Waals surface area contributed by atoms with Crippen LogP contribution in [0.25, 0.3) is 0 Å². The van der Waals surface area contributed by atoms with E-state index < -0.39 is 17.7 Å². The van der Waals surface area contributed by atoms with Gasteiger partial charge in [-0.1, -0.05) is 24.3 Å². The Morgan fingerprint density at radius 1 is 1.19 bits per heavy atom. The molecule has 0 N–H and O–H groups in total. The summed E-state index contributed by atoms with van der Waals surface area (Å²) in [5.41, 5.74) is 1.96. The summed E-state index contributed by atoms with van der Waals surface area (Å²) in [7, 11) is 0. The Labute approximate surface area is 121 Å². The molecule has 2 aromatic carbocycles. The first-order chi connectivity index (χ1) is 10.1. The summed E-state index contributed by atoms with van der Waals surface area (Å²) in [5.74, 6) is -1.38. The van der Waals surface area contributed by atoms with Crippen LogP contribution in [0.5, 0.6) is 0 Å². The minimum absolute atomic E-state index is 0.0617. The average Bonchev–Trinajstić information content (AvgIpc) is 2.50. The van der Waals surface area contributed by atoms with Gasteiger partial charge in [0.1, 0.15) is 17.7 Å². The fraction of sp³-hybridized carbons (Fsp3) is 0.235. The minimum Gasteiger partial charge on any atom is -0.365 e. The number of hydrogen-bond donors (Lipinski definition) is 0. The molecule has 0 fully saturated rings. The van der Waals surface area contributed by atoms with Gasteiger partial charge in [0.05, 0.1) is 6.61 Å². The first-order valence-electron chi connectivity index (χ1n) is 6.81. The Morgan fingerprint density at radius 2 is 2.00 bits per heavy atom. The van der Waals surface area contributed by atoms with Crippen molar-refractivity contribution in [2.75, 3.05) is 6.61 Å². The summed E-state index contributed by atoms with van der Waals surface area (Å²) in [6, 6.07) is 10.7. The number of benzene rings is 2. The Morgan fingerprint density at radius 3 is 2.86 bits per heavy atom. The third-order valence-corrected chi connectivity index (χ3v) is 3.66. The number of hydrogen-bond acceptors (Lipinski definition) is 2. The van der Waals surface area contributed by atoms with E-state index in [2.05, 4.69) is 0 Å². The highest BCUT2D eigenvalue weighted by Gasteiger charge is 2.27. The van der Waals surface area contributed by atoms with Crippen LogP contribution in [-0.2, 0) is 22.4 Å². The van der Waals surface area contributed by atoms with Gasteiger partial charge in [-0.3, -0.25) is 4.79 Å². The maximum Gasteiger partial charge on any atom is 0.170 e. The monoisotopic (exact) mass is 288 g/mol. The van der Waals surface area contributed by atoms with Gasteiger partial charge in [0, 0.05) is 6.42 Å². The van der Waals surface area contributed by atoms with E-state index >= 15 is 0 Å². The fourth-order valence-corrected chi connectivity index (χ4v) is 2.62. The molecule has 1 aliphatic heterocycles. The normalized spacial score (nSPS) is 17.3. The maximum atomic E-state index is 13.6. The molecule has 0 saturated heterocycles. The van der Waals surface area contributed by atoms with Crippen LogP contribution in [0.2, 0.25) is 0 Å². The van der Waals surface area contributed by atoms with Crippen molar-refractivity contribution in [3.8, 4) is 0 Å². The second kappa shape index (κ2) is 5.74. The van der Waals surface area contributed by atoms with Crippen molar-refractivity contribution in [1.29, 1.82) is 0 Å². The van der Waals surface area contributed by atoms with E-state index in [1.54, 1.807) is 0 Å². The highest BCUT2D eigenvalue weighted by Crippen LogP contribution is 2.29. The average molecular weight is 288 g/mol. The van der Waals surface area contributed by atoms with Crippen molar-refractivity contribution < 1.29 is 18.3 Å². The summed E-state index contributed by atoms with van der Waals surface area (Å²) in [5, 5.41) is 0. The second-order valence-corrected chi connectivity index (χ2v) is 5.08. The summed E-state index contributed by atoms with van der Waals surface area (Å²) in [4.78, 5) is 12.4. The van der Waals surface area contributed by atoms with Gasteiger partial charge in [0.15, 0.2) is 5.78 Å². The van der Waals surface area contributed by atoms with Crippen molar-refractivity contribution >= 4 is 5.78 Å². The maximum absolute atomic E-state index is 13.6. The van der Waals surface area contributed by atoms with E-state index in [0.717, 1.165) is 35.7 Å². The van der Waals surface area contributed by atoms with Crippen molar-refractivity contribution in [3.63, 3.8) is 0 Å². The molecule has 4 heteroatoms. The van der Waals surface area contributed by atoms with Crippen molar-refractivity contribution in [2.45, 2.75) is 18.9 Å². The van der Waals surface area contributed by atoms with Crippen LogP contribution in [0.1, 0.15) is 22.8 Å². The topological polar surface area (TPSA) is 26.3 Å². The molecule has 21 heavy (non-hydrogen) atoms. The van der Waals surface area contributed by atoms with E-state index in [9.17, 15) is 13.6 Å². The van der Waals surface area contributed by atoms with Gasteiger partial charge in [-0.05, 0) is 41.3 Å². The fourth-order valence-electron chi connectivity index (χ4n) is 2.62. The highest BCUT2D eigenvalue weighted by molar-refractivity contribution is 5.87. The van der Waals surface area contributed by atoms with Crippen LogP contribution in [0.3, 0.4) is 0 Å². The molecule has 0 saturated carbocycles. The molecule has 1 atom stereocenters. The van der Waals surface area contributed by atoms with Gasteiger partial charge in [-0.25, -0.2) is 8.78 Å². The molecule has 0 bridgehead atoms. The Kier molecular flexibility index (Phi) is 3.80. The molecular weight excluding hydrogens is 274 g/mol. The molecule has 0 amide bonds. The lowest BCUT2D eigenvalue weighted by atomic mass is 9.93. The number of Topliss-reactive ketones (excluding diaryl/α,β-unsaturated/α-hetero) is 1. The summed E-state index contributed by atoms with van der Waals surface area (Å²) in [6.07, 6.45) is -0.116. The molecule has 108 valence electrons. The molecule has 2 nitrogen and oxygen atoms in total. The predicted molar refractivity (Wildman–Crippen MR) is 73.9 cm³/mol. The smallest absolute Gasteiger partial charge is 0.170 e. The molecular formula is C17H14F2O2. The van der Waals surface area contributed by atoms with Crippen LogP contribution in [0.15, 0.2) is 42.5 Å². The van der Waals surface area contributed by atoms with Crippen molar-refractivity contribution in [3.05, 3.63) is 70.8 Å². The molecule has 1 heterocycles. The van der Waals surface area contributed by atoms with Crippen LogP contribution < -0.4 is 0 Å². The van der Waals surface area contributed by atoms with Crippen molar-refractivity contribution in [2.24, 2.45) is 0 Å². The highest BCUT2D eigenvalue weighted by atomic mass is 19.1. The first kappa shape index (κ1) is 13.9. The van der Waals surface area contributed by atoms with E-state index in [4.69, 9.17) is 4.74 Å². The zero-order valence-corrected chi connectivity index (χ0v) is 11.3. The summed E-state index contributed by atoms with van der Waals surface area (Å²) in [6.45, 7) is 0.457. The number of carbonyl (C=O) groups excluding carboxylic acids is 1.